The zero-order chi connectivity index (χ0) is 13.1. The van der Waals surface area contributed by atoms with Crippen LogP contribution in [0.15, 0.2) is 0 Å². The van der Waals surface area contributed by atoms with Crippen LogP contribution in [0, 0.1) is 0 Å². The van der Waals surface area contributed by atoms with Crippen molar-refractivity contribution < 1.29 is 9.53 Å². The van der Waals surface area contributed by atoms with Gasteiger partial charge in [0.25, 0.3) is 0 Å². The van der Waals surface area contributed by atoms with Crippen LogP contribution in [0.1, 0.15) is 20.3 Å². The first-order valence-corrected chi connectivity index (χ1v) is 6.36. The minimum absolute atomic E-state index is 0.0333. The Kier molecular flexibility index (Phi) is 9.75. The predicted octanol–water partition coefficient (Wildman–Crippen LogP) is 0.355. The summed E-state index contributed by atoms with van der Waals surface area (Å²) < 4.78 is 5.20. The number of carbonyl (C=O) groups is 1. The molecule has 0 aliphatic rings. The van der Waals surface area contributed by atoms with Gasteiger partial charge in [0.1, 0.15) is 0 Å². The van der Waals surface area contributed by atoms with E-state index in [0.29, 0.717) is 11.7 Å². The van der Waals surface area contributed by atoms with E-state index in [9.17, 15) is 4.79 Å². The lowest BCUT2D eigenvalue weighted by Gasteiger charge is -2.16. The number of carbonyl (C=O) groups excluding carboxylic acids is 1. The van der Waals surface area contributed by atoms with Crippen LogP contribution in [-0.4, -0.2) is 55.8 Å². The smallest absolute Gasteiger partial charge is 0.241 e. The second-order valence-electron chi connectivity index (χ2n) is 3.57. The highest BCUT2D eigenvalue weighted by Crippen LogP contribution is 1.83. The number of ether oxygens (including phenoxy) is 1. The third-order valence-electron chi connectivity index (χ3n) is 2.26. The van der Waals surface area contributed by atoms with E-state index in [-0.39, 0.29) is 12.5 Å². The number of amides is 1. The number of thiocarbonyl (C=S) groups is 1. The number of rotatable bonds is 8. The summed E-state index contributed by atoms with van der Waals surface area (Å²) in [6.07, 6.45) is 0.901. The first-order chi connectivity index (χ1) is 8.11. The van der Waals surface area contributed by atoms with Gasteiger partial charge in [0, 0.05) is 33.4 Å². The Balaban J connectivity index is 3.49. The van der Waals surface area contributed by atoms with Gasteiger partial charge in [0.2, 0.25) is 5.91 Å². The maximum atomic E-state index is 11.4. The van der Waals surface area contributed by atoms with Gasteiger partial charge in [-0.15, -0.1) is 0 Å². The molecule has 0 saturated carbocycles. The van der Waals surface area contributed by atoms with E-state index >= 15 is 0 Å². The maximum absolute atomic E-state index is 11.4. The molecular weight excluding hydrogens is 238 g/mol. The molecule has 0 aromatic heterocycles. The standard InChI is InChI=1S/C11H23N3O2S/c1-4-14(3)10(15)9-13-11(17)12-7-6-8-16-5-2/h4-9H2,1-3H3,(H2,12,13,17). The Morgan fingerprint density at radius 1 is 1.35 bits per heavy atom. The number of hydrogen-bond donors (Lipinski definition) is 2. The molecule has 100 valence electrons. The fourth-order valence-electron chi connectivity index (χ4n) is 1.05. The molecule has 0 saturated heterocycles. The lowest BCUT2D eigenvalue weighted by atomic mass is 10.4. The molecule has 1 amide bonds. The molecule has 0 aliphatic carbocycles. The number of likely N-dealkylation sites (N-methyl/N-ethyl adjacent to an activating group) is 1. The highest BCUT2D eigenvalue weighted by atomic mass is 32.1. The van der Waals surface area contributed by atoms with Crippen molar-refractivity contribution >= 4 is 23.2 Å². The SMILES string of the molecule is CCOCCCNC(=S)NCC(=O)N(C)CC. The van der Waals surface area contributed by atoms with Crippen molar-refractivity contribution in [1.82, 2.24) is 15.5 Å². The molecule has 0 atom stereocenters. The van der Waals surface area contributed by atoms with E-state index < -0.39 is 0 Å². The van der Waals surface area contributed by atoms with Gasteiger partial charge in [0.15, 0.2) is 5.11 Å². The molecule has 0 rings (SSSR count). The average molecular weight is 261 g/mol. The van der Waals surface area contributed by atoms with Crippen molar-refractivity contribution in [1.29, 1.82) is 0 Å². The van der Waals surface area contributed by atoms with Gasteiger partial charge in [-0.1, -0.05) is 0 Å². The highest BCUT2D eigenvalue weighted by Gasteiger charge is 2.06. The maximum Gasteiger partial charge on any atom is 0.241 e. The van der Waals surface area contributed by atoms with E-state index in [1.807, 2.05) is 13.8 Å². The first kappa shape index (κ1) is 16.1. The molecule has 5 nitrogen and oxygen atoms in total. The fraction of sp³-hybridized carbons (Fsp3) is 0.818. The Morgan fingerprint density at radius 2 is 2.06 bits per heavy atom. The third kappa shape index (κ3) is 8.88. The third-order valence-corrected chi connectivity index (χ3v) is 2.54. The van der Waals surface area contributed by atoms with Crippen molar-refractivity contribution in [3.05, 3.63) is 0 Å². The molecule has 17 heavy (non-hydrogen) atoms. The van der Waals surface area contributed by atoms with Crippen molar-refractivity contribution in [2.75, 3.05) is 39.9 Å². The highest BCUT2D eigenvalue weighted by molar-refractivity contribution is 7.80. The van der Waals surface area contributed by atoms with Crippen molar-refractivity contribution in [3.63, 3.8) is 0 Å². The summed E-state index contributed by atoms with van der Waals surface area (Å²) in [5, 5.41) is 6.41. The van der Waals surface area contributed by atoms with Gasteiger partial charge in [-0.25, -0.2) is 0 Å². The number of nitrogens with zero attached hydrogens (tertiary/aromatic N) is 1. The Morgan fingerprint density at radius 3 is 2.65 bits per heavy atom. The Bertz CT molecular complexity index is 237. The van der Waals surface area contributed by atoms with Gasteiger partial charge in [-0.2, -0.15) is 0 Å². The van der Waals surface area contributed by atoms with Gasteiger partial charge < -0.3 is 20.3 Å². The van der Waals surface area contributed by atoms with Crippen LogP contribution in [0.2, 0.25) is 0 Å². The van der Waals surface area contributed by atoms with Gasteiger partial charge >= 0.3 is 0 Å². The molecule has 6 heteroatoms. The Labute approximate surface area is 109 Å². The summed E-state index contributed by atoms with van der Waals surface area (Å²) in [7, 11) is 1.77. The van der Waals surface area contributed by atoms with Crippen molar-refractivity contribution in [2.24, 2.45) is 0 Å². The predicted molar refractivity (Wildman–Crippen MR) is 73.0 cm³/mol. The lowest BCUT2D eigenvalue weighted by Crippen LogP contribution is -2.42. The number of nitrogens with one attached hydrogen (secondary N) is 2. The summed E-state index contributed by atoms with van der Waals surface area (Å²) in [6.45, 7) is 7.06. The zero-order valence-electron chi connectivity index (χ0n) is 10.9. The van der Waals surface area contributed by atoms with E-state index in [4.69, 9.17) is 17.0 Å². The molecule has 0 radical (unpaired) electrons. The topological polar surface area (TPSA) is 53.6 Å². The fourth-order valence-corrected chi connectivity index (χ4v) is 1.22. The van der Waals surface area contributed by atoms with Crippen molar-refractivity contribution in [2.45, 2.75) is 20.3 Å². The normalized spacial score (nSPS) is 9.82. The monoisotopic (exact) mass is 261 g/mol. The van der Waals surface area contributed by atoms with E-state index in [1.54, 1.807) is 11.9 Å². The minimum atomic E-state index is 0.0333. The second-order valence-corrected chi connectivity index (χ2v) is 3.98. The lowest BCUT2D eigenvalue weighted by molar-refractivity contribution is -0.128. The molecule has 2 N–H and O–H groups in total. The van der Waals surface area contributed by atoms with Crippen LogP contribution in [-0.2, 0) is 9.53 Å². The summed E-state index contributed by atoms with van der Waals surface area (Å²) in [5.74, 6) is 0.0333. The van der Waals surface area contributed by atoms with E-state index in [1.165, 1.54) is 0 Å². The molecular formula is C11H23N3O2S. The van der Waals surface area contributed by atoms with E-state index in [0.717, 1.165) is 26.2 Å². The van der Waals surface area contributed by atoms with E-state index in [2.05, 4.69) is 10.6 Å². The second kappa shape index (κ2) is 10.3. The summed E-state index contributed by atoms with van der Waals surface area (Å²) in [5.41, 5.74) is 0. The molecule has 0 aliphatic heterocycles. The van der Waals surface area contributed by atoms with Crippen LogP contribution < -0.4 is 10.6 Å². The molecule has 0 unspecified atom stereocenters. The largest absolute Gasteiger partial charge is 0.382 e. The molecule has 0 aromatic rings. The first-order valence-electron chi connectivity index (χ1n) is 5.95. The van der Waals surface area contributed by atoms with Gasteiger partial charge in [-0.3, -0.25) is 4.79 Å². The van der Waals surface area contributed by atoms with Crippen LogP contribution in [0.4, 0.5) is 0 Å². The van der Waals surface area contributed by atoms with Crippen LogP contribution >= 0.6 is 12.2 Å². The van der Waals surface area contributed by atoms with Gasteiger partial charge in [-0.05, 0) is 32.5 Å². The van der Waals surface area contributed by atoms with Gasteiger partial charge in [0.05, 0.1) is 6.54 Å². The summed E-state index contributed by atoms with van der Waals surface area (Å²) in [4.78, 5) is 13.1. The minimum Gasteiger partial charge on any atom is -0.382 e. The van der Waals surface area contributed by atoms with Crippen LogP contribution in [0.25, 0.3) is 0 Å². The van der Waals surface area contributed by atoms with Crippen LogP contribution in [0.5, 0.6) is 0 Å². The molecule has 0 heterocycles. The van der Waals surface area contributed by atoms with Crippen molar-refractivity contribution in [3.8, 4) is 0 Å². The zero-order valence-corrected chi connectivity index (χ0v) is 11.7. The Hall–Kier alpha value is -0.880. The van der Waals surface area contributed by atoms with Crippen LogP contribution in [0.3, 0.4) is 0 Å². The molecule has 0 fully saturated rings. The summed E-state index contributed by atoms with van der Waals surface area (Å²) in [6, 6.07) is 0. The summed E-state index contributed by atoms with van der Waals surface area (Å²) >= 11 is 5.04. The average Bonchev–Trinajstić information content (AvgIpc) is 2.34. The molecule has 0 aromatic carbocycles. The molecule has 0 bridgehead atoms. The quantitative estimate of drug-likeness (QED) is 0.488. The number of hydrogen-bond acceptors (Lipinski definition) is 3. The molecule has 0 spiro atoms.